The van der Waals surface area contributed by atoms with Gasteiger partial charge in [-0.25, -0.2) is 0 Å². The van der Waals surface area contributed by atoms with E-state index in [1.807, 2.05) is 6.92 Å². The van der Waals surface area contributed by atoms with Crippen LogP contribution in [0.1, 0.15) is 29.8 Å². The quantitative estimate of drug-likeness (QED) is 0.771. The minimum absolute atomic E-state index is 0.0874. The van der Waals surface area contributed by atoms with Gasteiger partial charge in [-0.15, -0.1) is 0 Å². The number of hydrogen-bond acceptors (Lipinski definition) is 3. The van der Waals surface area contributed by atoms with Gasteiger partial charge in [0.2, 0.25) is 5.91 Å². The predicted octanol–water partition coefficient (Wildman–Crippen LogP) is 1.78. The summed E-state index contributed by atoms with van der Waals surface area (Å²) in [4.78, 5) is 21.8. The van der Waals surface area contributed by atoms with Gasteiger partial charge in [0.1, 0.15) is 18.1 Å². The molecule has 1 unspecified atom stereocenters. The number of fused-ring (bicyclic) bond motifs is 1. The van der Waals surface area contributed by atoms with Crippen molar-refractivity contribution in [1.82, 2.24) is 0 Å². The number of amides is 1. The number of benzene rings is 1. The van der Waals surface area contributed by atoms with Gasteiger partial charge in [-0.1, -0.05) is 0 Å². The highest BCUT2D eigenvalue weighted by Crippen LogP contribution is 2.37. The third kappa shape index (κ3) is 1.91. The molecule has 1 atom stereocenters. The van der Waals surface area contributed by atoms with E-state index in [2.05, 4.69) is 5.32 Å². The highest BCUT2D eigenvalue weighted by atomic mass is 16.5. The van der Waals surface area contributed by atoms with Crippen molar-refractivity contribution in [3.63, 3.8) is 0 Å². The van der Waals surface area contributed by atoms with Crippen molar-refractivity contribution in [3.8, 4) is 5.75 Å². The summed E-state index contributed by atoms with van der Waals surface area (Å²) in [5, 5.41) is 2.68. The van der Waals surface area contributed by atoms with Gasteiger partial charge in [0, 0.05) is 24.5 Å². The first-order valence-corrected chi connectivity index (χ1v) is 5.16. The van der Waals surface area contributed by atoms with Crippen LogP contribution in [0.5, 0.6) is 5.75 Å². The predicted molar refractivity (Wildman–Crippen MR) is 59.9 cm³/mol. The van der Waals surface area contributed by atoms with Gasteiger partial charge in [-0.3, -0.25) is 9.59 Å². The van der Waals surface area contributed by atoms with Crippen LogP contribution in [0.3, 0.4) is 0 Å². The van der Waals surface area contributed by atoms with Crippen LogP contribution in [0, 0.1) is 0 Å². The fourth-order valence-corrected chi connectivity index (χ4v) is 1.91. The summed E-state index contributed by atoms with van der Waals surface area (Å²) in [5.41, 5.74) is 2.11. The zero-order valence-electron chi connectivity index (χ0n) is 9.24. The van der Waals surface area contributed by atoms with E-state index in [9.17, 15) is 9.59 Å². The number of ether oxygens (including phenoxy) is 1. The molecule has 0 saturated carbocycles. The first-order chi connectivity index (χ1) is 7.60. The smallest absolute Gasteiger partial charge is 0.221 e. The summed E-state index contributed by atoms with van der Waals surface area (Å²) in [6, 6.07) is 3.43. The lowest BCUT2D eigenvalue weighted by atomic mass is 10.1. The highest BCUT2D eigenvalue weighted by Gasteiger charge is 2.23. The lowest BCUT2D eigenvalue weighted by Gasteiger charge is -2.10. The number of aldehydes is 1. The molecule has 4 nitrogen and oxygen atoms in total. The van der Waals surface area contributed by atoms with E-state index >= 15 is 0 Å². The molecule has 1 N–H and O–H groups in total. The Labute approximate surface area is 93.6 Å². The molecular formula is C12H13NO3. The Bertz CT molecular complexity index is 454. The highest BCUT2D eigenvalue weighted by molar-refractivity contribution is 5.92. The monoisotopic (exact) mass is 219 g/mol. The largest absolute Gasteiger partial charge is 0.488 e. The van der Waals surface area contributed by atoms with Crippen molar-refractivity contribution in [2.45, 2.75) is 26.4 Å². The van der Waals surface area contributed by atoms with Crippen molar-refractivity contribution >= 4 is 17.9 Å². The van der Waals surface area contributed by atoms with E-state index < -0.39 is 0 Å². The standard InChI is InChI=1S/C12H13NO3/c1-7-3-10-4-9(6-14)5-11(12(10)16-7)13-8(2)15/h4-7H,3H2,1-2H3,(H,13,15). The van der Waals surface area contributed by atoms with Crippen molar-refractivity contribution in [3.05, 3.63) is 23.3 Å². The zero-order valence-corrected chi connectivity index (χ0v) is 9.24. The van der Waals surface area contributed by atoms with E-state index in [4.69, 9.17) is 4.74 Å². The number of carbonyl (C=O) groups is 2. The Morgan fingerprint density at radius 1 is 1.56 bits per heavy atom. The van der Waals surface area contributed by atoms with Gasteiger partial charge in [0.25, 0.3) is 0 Å². The lowest BCUT2D eigenvalue weighted by molar-refractivity contribution is -0.114. The van der Waals surface area contributed by atoms with E-state index in [1.165, 1.54) is 6.92 Å². The van der Waals surface area contributed by atoms with Crippen molar-refractivity contribution in [1.29, 1.82) is 0 Å². The number of rotatable bonds is 2. The normalized spacial score (nSPS) is 17.5. The molecule has 0 aliphatic carbocycles. The van der Waals surface area contributed by atoms with E-state index in [0.29, 0.717) is 17.0 Å². The Kier molecular flexibility index (Phi) is 2.64. The second-order valence-corrected chi connectivity index (χ2v) is 3.99. The van der Waals surface area contributed by atoms with Crippen LogP contribution in [-0.4, -0.2) is 18.3 Å². The molecule has 1 aromatic rings. The van der Waals surface area contributed by atoms with Gasteiger partial charge >= 0.3 is 0 Å². The molecule has 4 heteroatoms. The maximum Gasteiger partial charge on any atom is 0.221 e. The Morgan fingerprint density at radius 3 is 2.94 bits per heavy atom. The summed E-state index contributed by atoms with van der Waals surface area (Å²) in [6.07, 6.45) is 1.63. The summed E-state index contributed by atoms with van der Waals surface area (Å²) in [6.45, 7) is 3.39. The van der Waals surface area contributed by atoms with Crippen LogP contribution in [-0.2, 0) is 11.2 Å². The molecule has 16 heavy (non-hydrogen) atoms. The molecule has 0 bridgehead atoms. The number of anilines is 1. The third-order valence-electron chi connectivity index (χ3n) is 2.46. The SMILES string of the molecule is CC(=O)Nc1cc(C=O)cc2c1OC(C)C2. The number of hydrogen-bond donors (Lipinski definition) is 1. The van der Waals surface area contributed by atoms with E-state index in [-0.39, 0.29) is 12.0 Å². The van der Waals surface area contributed by atoms with Crippen molar-refractivity contribution in [2.75, 3.05) is 5.32 Å². The van der Waals surface area contributed by atoms with Crippen LogP contribution in [0.4, 0.5) is 5.69 Å². The molecule has 1 amide bonds. The van der Waals surface area contributed by atoms with E-state index in [0.717, 1.165) is 18.3 Å². The van der Waals surface area contributed by atoms with E-state index in [1.54, 1.807) is 12.1 Å². The first-order valence-electron chi connectivity index (χ1n) is 5.16. The summed E-state index contributed by atoms with van der Waals surface area (Å²) < 4.78 is 5.61. The third-order valence-corrected chi connectivity index (χ3v) is 2.46. The number of carbonyl (C=O) groups excluding carboxylic acids is 2. The van der Waals surface area contributed by atoms with Gasteiger partial charge in [-0.05, 0) is 19.1 Å². The minimum atomic E-state index is -0.173. The molecule has 1 aliphatic rings. The molecule has 0 radical (unpaired) electrons. The van der Waals surface area contributed by atoms with Crippen molar-refractivity contribution < 1.29 is 14.3 Å². The van der Waals surface area contributed by atoms with Crippen molar-refractivity contribution in [2.24, 2.45) is 0 Å². The van der Waals surface area contributed by atoms with Crippen LogP contribution in [0.15, 0.2) is 12.1 Å². The molecule has 84 valence electrons. The Morgan fingerprint density at radius 2 is 2.31 bits per heavy atom. The van der Waals surface area contributed by atoms with Crippen LogP contribution < -0.4 is 10.1 Å². The van der Waals surface area contributed by atoms with Gasteiger partial charge < -0.3 is 10.1 Å². The summed E-state index contributed by atoms with van der Waals surface area (Å²) in [5.74, 6) is 0.515. The zero-order chi connectivity index (χ0) is 11.7. The molecule has 0 fully saturated rings. The molecule has 1 aliphatic heterocycles. The van der Waals surface area contributed by atoms with Gasteiger partial charge in [0.05, 0.1) is 5.69 Å². The second kappa shape index (κ2) is 3.96. The fraction of sp³-hybridized carbons (Fsp3) is 0.333. The van der Waals surface area contributed by atoms with Gasteiger partial charge in [0.15, 0.2) is 0 Å². The average molecular weight is 219 g/mol. The lowest BCUT2D eigenvalue weighted by Crippen LogP contribution is -2.09. The molecule has 0 spiro atoms. The van der Waals surface area contributed by atoms with Crippen LogP contribution in [0.25, 0.3) is 0 Å². The minimum Gasteiger partial charge on any atom is -0.488 e. The van der Waals surface area contributed by atoms with Crippen LogP contribution >= 0.6 is 0 Å². The number of nitrogens with one attached hydrogen (secondary N) is 1. The maximum atomic E-state index is 11.0. The molecular weight excluding hydrogens is 206 g/mol. The summed E-state index contributed by atoms with van der Waals surface area (Å²) >= 11 is 0. The maximum absolute atomic E-state index is 11.0. The Balaban J connectivity index is 2.46. The first kappa shape index (κ1) is 10.7. The molecule has 1 heterocycles. The van der Waals surface area contributed by atoms with Gasteiger partial charge in [-0.2, -0.15) is 0 Å². The topological polar surface area (TPSA) is 55.4 Å². The van der Waals surface area contributed by atoms with Crippen LogP contribution in [0.2, 0.25) is 0 Å². The summed E-state index contributed by atoms with van der Waals surface area (Å²) in [7, 11) is 0. The second-order valence-electron chi connectivity index (χ2n) is 3.99. The fourth-order valence-electron chi connectivity index (χ4n) is 1.91. The molecule has 1 aromatic carbocycles. The molecule has 2 rings (SSSR count). The molecule has 0 saturated heterocycles. The average Bonchev–Trinajstić information content (AvgIpc) is 2.57. The Hall–Kier alpha value is -1.84. The molecule has 0 aromatic heterocycles.